The van der Waals surface area contributed by atoms with Gasteiger partial charge in [-0.25, -0.2) is 4.98 Å². The molecule has 0 saturated carbocycles. The quantitative estimate of drug-likeness (QED) is 0.798. The molecule has 0 spiro atoms. The highest BCUT2D eigenvalue weighted by atomic mass is 19.4. The monoisotopic (exact) mass is 365 g/mol. The fraction of sp³-hybridized carbons (Fsp3) is 0.474. The molecule has 0 bridgehead atoms. The lowest BCUT2D eigenvalue weighted by Crippen LogP contribution is -2.36. The Morgan fingerprint density at radius 1 is 1.19 bits per heavy atom. The molecule has 26 heavy (non-hydrogen) atoms. The lowest BCUT2D eigenvalue weighted by Gasteiger charge is -2.37. The zero-order valence-electron chi connectivity index (χ0n) is 14.6. The molecule has 1 unspecified atom stereocenters. The van der Waals surface area contributed by atoms with E-state index in [0.29, 0.717) is 12.5 Å². The van der Waals surface area contributed by atoms with E-state index in [-0.39, 0.29) is 5.92 Å². The van der Waals surface area contributed by atoms with Gasteiger partial charge in [-0.2, -0.15) is 13.2 Å². The number of anilines is 1. The maximum Gasteiger partial charge on any atom is 0.433 e. The van der Waals surface area contributed by atoms with E-state index in [0.717, 1.165) is 37.7 Å². The van der Waals surface area contributed by atoms with Crippen molar-refractivity contribution in [3.63, 3.8) is 0 Å². The Labute approximate surface area is 151 Å². The molecule has 3 rings (SSSR count). The van der Waals surface area contributed by atoms with Crippen molar-refractivity contribution in [1.82, 2.24) is 9.97 Å². The Balaban J connectivity index is 1.64. The van der Waals surface area contributed by atoms with Crippen molar-refractivity contribution in [2.24, 2.45) is 5.92 Å². The number of hydrogen-bond donors (Lipinski definition) is 0. The van der Waals surface area contributed by atoms with E-state index in [1.807, 2.05) is 12.3 Å². The number of methoxy groups -OCH3 is 1. The first kappa shape index (κ1) is 18.6. The number of alkyl halides is 3. The summed E-state index contributed by atoms with van der Waals surface area (Å²) in [5.74, 6) is 0.736. The summed E-state index contributed by atoms with van der Waals surface area (Å²) in [6, 6.07) is 6.55. The van der Waals surface area contributed by atoms with Gasteiger partial charge in [0, 0.05) is 38.5 Å². The van der Waals surface area contributed by atoms with Gasteiger partial charge in [0.15, 0.2) is 0 Å². The number of rotatable bonds is 5. The predicted octanol–water partition coefficient (Wildman–Crippen LogP) is 4.14. The van der Waals surface area contributed by atoms with Crippen LogP contribution in [0.15, 0.2) is 42.9 Å². The van der Waals surface area contributed by atoms with Gasteiger partial charge >= 0.3 is 6.18 Å². The van der Waals surface area contributed by atoms with E-state index >= 15 is 0 Å². The maximum atomic E-state index is 12.6. The van der Waals surface area contributed by atoms with Gasteiger partial charge in [-0.1, -0.05) is 6.07 Å². The van der Waals surface area contributed by atoms with E-state index in [9.17, 15) is 13.2 Å². The van der Waals surface area contributed by atoms with Crippen molar-refractivity contribution < 1.29 is 17.9 Å². The molecule has 2 aromatic rings. The van der Waals surface area contributed by atoms with Crippen LogP contribution in [0, 0.1) is 5.92 Å². The summed E-state index contributed by atoms with van der Waals surface area (Å²) >= 11 is 0. The molecule has 1 aliphatic rings. The third-order valence-electron chi connectivity index (χ3n) is 4.97. The van der Waals surface area contributed by atoms with Crippen molar-refractivity contribution in [1.29, 1.82) is 0 Å². The molecule has 0 N–H and O–H groups in total. The normalized spacial score (nSPS) is 17.3. The van der Waals surface area contributed by atoms with Gasteiger partial charge in [-0.15, -0.1) is 0 Å². The first-order chi connectivity index (χ1) is 12.5. The first-order valence-electron chi connectivity index (χ1n) is 8.66. The molecule has 1 atom stereocenters. The third-order valence-corrected chi connectivity index (χ3v) is 4.97. The molecular weight excluding hydrogens is 343 g/mol. The Morgan fingerprint density at radius 3 is 2.50 bits per heavy atom. The number of aromatic nitrogens is 2. The summed E-state index contributed by atoms with van der Waals surface area (Å²) in [4.78, 5) is 9.86. The van der Waals surface area contributed by atoms with Gasteiger partial charge in [0.1, 0.15) is 5.69 Å². The van der Waals surface area contributed by atoms with Crippen LogP contribution in [0.2, 0.25) is 0 Å². The molecule has 4 nitrogen and oxygen atoms in total. The van der Waals surface area contributed by atoms with E-state index in [4.69, 9.17) is 4.74 Å². The average Bonchev–Trinajstić information content (AvgIpc) is 2.66. The number of nitrogens with zero attached hydrogens (tertiary/aromatic N) is 3. The van der Waals surface area contributed by atoms with Crippen molar-refractivity contribution in [2.45, 2.75) is 24.9 Å². The maximum absolute atomic E-state index is 12.6. The second-order valence-corrected chi connectivity index (χ2v) is 6.57. The third kappa shape index (κ3) is 4.33. The fourth-order valence-corrected chi connectivity index (χ4v) is 3.58. The van der Waals surface area contributed by atoms with Crippen molar-refractivity contribution >= 4 is 5.69 Å². The molecule has 7 heteroatoms. The molecule has 140 valence electrons. The zero-order valence-corrected chi connectivity index (χ0v) is 14.6. The minimum Gasteiger partial charge on any atom is -0.384 e. The molecule has 3 heterocycles. The molecule has 1 fully saturated rings. The summed E-state index contributed by atoms with van der Waals surface area (Å²) in [5, 5.41) is 0. The Kier molecular flexibility index (Phi) is 5.76. The second kappa shape index (κ2) is 8.03. The minimum atomic E-state index is -4.40. The Morgan fingerprint density at radius 2 is 1.96 bits per heavy atom. The van der Waals surface area contributed by atoms with Gasteiger partial charge in [0.25, 0.3) is 0 Å². The van der Waals surface area contributed by atoms with Gasteiger partial charge in [0.05, 0.1) is 18.5 Å². The highest BCUT2D eigenvalue weighted by Crippen LogP contribution is 2.34. The number of ether oxygens (including phenoxy) is 1. The van der Waals surface area contributed by atoms with E-state index in [2.05, 4.69) is 20.9 Å². The van der Waals surface area contributed by atoms with E-state index < -0.39 is 11.9 Å². The van der Waals surface area contributed by atoms with Gasteiger partial charge < -0.3 is 9.64 Å². The highest BCUT2D eigenvalue weighted by molar-refractivity contribution is 5.45. The average molecular weight is 365 g/mol. The van der Waals surface area contributed by atoms with Crippen LogP contribution in [0.1, 0.15) is 30.0 Å². The molecule has 1 aliphatic heterocycles. The van der Waals surface area contributed by atoms with Crippen LogP contribution in [-0.4, -0.2) is 36.8 Å². The summed E-state index contributed by atoms with van der Waals surface area (Å²) in [5.41, 5.74) is 1.05. The SMILES string of the molecule is COCC(c1cccnc1)C1CCN(c2ccc(C(F)(F)F)nc2)CC1. The van der Waals surface area contributed by atoms with Crippen LogP contribution in [-0.2, 0) is 10.9 Å². The van der Waals surface area contributed by atoms with E-state index in [1.54, 1.807) is 13.3 Å². The molecule has 0 amide bonds. The molecule has 2 aromatic heterocycles. The van der Waals surface area contributed by atoms with Crippen molar-refractivity contribution in [3.8, 4) is 0 Å². The smallest absolute Gasteiger partial charge is 0.384 e. The van der Waals surface area contributed by atoms with Crippen LogP contribution < -0.4 is 4.90 Å². The molecule has 0 aromatic carbocycles. The summed E-state index contributed by atoms with van der Waals surface area (Å²) in [7, 11) is 1.70. The topological polar surface area (TPSA) is 38.2 Å². The van der Waals surface area contributed by atoms with Crippen LogP contribution in [0.3, 0.4) is 0 Å². The molecule has 1 saturated heterocycles. The zero-order chi connectivity index (χ0) is 18.6. The second-order valence-electron chi connectivity index (χ2n) is 6.57. The fourth-order valence-electron chi connectivity index (χ4n) is 3.58. The van der Waals surface area contributed by atoms with E-state index in [1.165, 1.54) is 17.8 Å². The first-order valence-corrected chi connectivity index (χ1v) is 8.66. The Hall–Kier alpha value is -2.15. The minimum absolute atomic E-state index is 0.279. The van der Waals surface area contributed by atoms with Crippen LogP contribution >= 0.6 is 0 Å². The molecular formula is C19H22F3N3O. The van der Waals surface area contributed by atoms with Gasteiger partial charge in [0.2, 0.25) is 0 Å². The molecule has 0 radical (unpaired) electrons. The van der Waals surface area contributed by atoms with Gasteiger partial charge in [-0.05, 0) is 42.5 Å². The largest absolute Gasteiger partial charge is 0.433 e. The summed E-state index contributed by atoms with van der Waals surface area (Å²) < 4.78 is 43.3. The lowest BCUT2D eigenvalue weighted by atomic mass is 9.81. The number of piperidine rings is 1. The van der Waals surface area contributed by atoms with Crippen molar-refractivity contribution in [3.05, 3.63) is 54.1 Å². The van der Waals surface area contributed by atoms with Gasteiger partial charge in [-0.3, -0.25) is 4.98 Å². The number of pyridine rings is 2. The predicted molar refractivity (Wildman–Crippen MR) is 93.0 cm³/mol. The number of hydrogen-bond acceptors (Lipinski definition) is 4. The van der Waals surface area contributed by atoms with Crippen LogP contribution in [0.4, 0.5) is 18.9 Å². The standard InChI is InChI=1S/C19H22F3N3O/c1-26-13-17(15-3-2-8-23-11-15)14-6-9-25(10-7-14)16-4-5-18(24-12-16)19(20,21)22/h2-5,8,11-12,14,17H,6-7,9-10,13H2,1H3. The van der Waals surface area contributed by atoms with Crippen molar-refractivity contribution in [2.75, 3.05) is 31.7 Å². The van der Waals surface area contributed by atoms with Crippen LogP contribution in [0.25, 0.3) is 0 Å². The van der Waals surface area contributed by atoms with Crippen LogP contribution in [0.5, 0.6) is 0 Å². The highest BCUT2D eigenvalue weighted by Gasteiger charge is 2.33. The Bertz CT molecular complexity index is 683. The lowest BCUT2D eigenvalue weighted by molar-refractivity contribution is -0.141. The number of halogens is 3. The summed E-state index contributed by atoms with van der Waals surface area (Å²) in [6.45, 7) is 2.22. The summed E-state index contributed by atoms with van der Waals surface area (Å²) in [6.07, 6.45) is 2.46. The molecule has 0 aliphatic carbocycles.